The molecule has 1 N–H and O–H groups in total. The number of hydrogen-bond acceptors (Lipinski definition) is 2. The zero-order valence-corrected chi connectivity index (χ0v) is 17.7. The van der Waals surface area contributed by atoms with E-state index < -0.39 is 10.1 Å². The molecule has 0 amide bonds. The average molecular weight is 358 g/mol. The van der Waals surface area contributed by atoms with Crippen molar-refractivity contribution in [1.82, 2.24) is 0 Å². The molecule has 0 spiro atoms. The van der Waals surface area contributed by atoms with Crippen molar-refractivity contribution < 1.29 is 13.0 Å². The molecule has 0 saturated heterocycles. The largest absolute Gasteiger partial charge is 0.295 e. The van der Waals surface area contributed by atoms with Gasteiger partial charge in [0.2, 0.25) is 0 Å². The van der Waals surface area contributed by atoms with Crippen molar-refractivity contribution in [2.75, 3.05) is 0 Å². The molecule has 0 fully saturated rings. The van der Waals surface area contributed by atoms with Crippen molar-refractivity contribution in [1.29, 1.82) is 0 Å². The predicted octanol–water partition coefficient (Wildman–Crippen LogP) is 5.41. The zero-order valence-electron chi connectivity index (χ0n) is 14.9. The van der Waals surface area contributed by atoms with Crippen LogP contribution < -0.4 is 0 Å². The zero-order chi connectivity index (χ0) is 17.8. The van der Waals surface area contributed by atoms with Crippen molar-refractivity contribution in [3.63, 3.8) is 0 Å². The van der Waals surface area contributed by atoms with Crippen LogP contribution in [0.5, 0.6) is 0 Å². The minimum Gasteiger partial charge on any atom is -0.282 e. The summed E-state index contributed by atoms with van der Waals surface area (Å²) < 4.78 is 32.5. The third-order valence-corrected chi connectivity index (χ3v) is 5.60. The summed E-state index contributed by atoms with van der Waals surface area (Å²) in [6.45, 7) is 2.28. The van der Waals surface area contributed by atoms with Crippen LogP contribution in [0.15, 0.2) is 47.4 Å². The molecule has 0 aliphatic rings. The van der Waals surface area contributed by atoms with E-state index in [9.17, 15) is 8.42 Å². The van der Waals surface area contributed by atoms with Gasteiger partial charge in [-0.3, -0.25) is 4.55 Å². The van der Waals surface area contributed by atoms with Crippen LogP contribution in [0.4, 0.5) is 0 Å². The summed E-state index contributed by atoms with van der Waals surface area (Å²) in [6, 6.07) is 11.8. The molecule has 2 aromatic rings. The van der Waals surface area contributed by atoms with Crippen LogP contribution in [0.2, 0.25) is 3.67 Å². The molecule has 2 aromatic carbocycles. The maximum atomic E-state index is 11.0. The summed E-state index contributed by atoms with van der Waals surface area (Å²) in [5, 5.41) is 1.33. The minimum atomic E-state index is -4.13. The van der Waals surface area contributed by atoms with Gasteiger partial charge in [0.05, 0.1) is 0 Å². The third-order valence-electron chi connectivity index (χ3n) is 3.98. The van der Waals surface area contributed by atoms with Gasteiger partial charge >= 0.3 is 83.5 Å². The topological polar surface area (TPSA) is 54.4 Å². The van der Waals surface area contributed by atoms with Gasteiger partial charge in [-0.1, -0.05) is 36.4 Å². The molecule has 0 aliphatic carbocycles. The third kappa shape index (κ3) is 8.13. The smallest absolute Gasteiger partial charge is 0.282 e. The summed E-state index contributed by atoms with van der Waals surface area (Å²) in [4.78, 5) is -0.0457. The fraction of sp³-hybridized carbons (Fsp3) is 0.474. The number of rotatable bonds is 8. The molecule has 0 unspecified atom stereocenters. The van der Waals surface area contributed by atoms with E-state index in [4.69, 9.17) is 4.55 Å². The number of benzene rings is 2. The Morgan fingerprint density at radius 2 is 1.46 bits per heavy atom. The quantitative estimate of drug-likeness (QED) is 0.390. The van der Waals surface area contributed by atoms with E-state index >= 15 is 0 Å². The Balaban J connectivity index is 0.000000257. The fourth-order valence-corrected chi connectivity index (χ4v) is 3.84. The molecule has 24 heavy (non-hydrogen) atoms. The van der Waals surface area contributed by atoms with Gasteiger partial charge in [0.25, 0.3) is 10.1 Å². The second-order valence-electron chi connectivity index (χ2n) is 6.07. The predicted molar refractivity (Wildman–Crippen MR) is 102 cm³/mol. The van der Waals surface area contributed by atoms with Gasteiger partial charge in [-0.2, -0.15) is 8.42 Å². The summed E-state index contributed by atoms with van der Waals surface area (Å²) >= 11 is 1.41. The summed E-state index contributed by atoms with van der Waals surface area (Å²) in [6.07, 6.45) is 10.3. The van der Waals surface area contributed by atoms with E-state index in [0.29, 0.717) is 5.39 Å². The first-order valence-electron chi connectivity index (χ1n) is 8.96. The molecule has 5 heteroatoms. The summed E-state index contributed by atoms with van der Waals surface area (Å²) in [5.74, 6) is 0. The second-order valence-corrected chi connectivity index (χ2v) is 8.46. The first-order chi connectivity index (χ1) is 11.5. The fourth-order valence-electron chi connectivity index (χ4n) is 2.63. The van der Waals surface area contributed by atoms with Gasteiger partial charge < -0.3 is 0 Å². The van der Waals surface area contributed by atoms with Crippen LogP contribution in [0.25, 0.3) is 10.8 Å². The summed E-state index contributed by atoms with van der Waals surface area (Å²) in [5.41, 5.74) is 0. The number of unbranched alkanes of at least 4 members (excludes halogenated alkanes) is 6. The maximum absolute atomic E-state index is 11.0. The van der Waals surface area contributed by atoms with E-state index in [0.717, 1.165) is 5.39 Å². The van der Waals surface area contributed by atoms with Crippen molar-refractivity contribution in [2.24, 2.45) is 0 Å². The molecule has 0 atom stereocenters. The first-order valence-corrected chi connectivity index (χ1v) is 11.8. The molecule has 0 heterocycles. The van der Waals surface area contributed by atoms with Gasteiger partial charge in [0.15, 0.2) is 0 Å². The normalized spacial score (nSPS) is 11.2. The van der Waals surface area contributed by atoms with Gasteiger partial charge in [0.1, 0.15) is 4.90 Å². The van der Waals surface area contributed by atoms with Gasteiger partial charge in [0, 0.05) is 5.39 Å². The van der Waals surface area contributed by atoms with E-state index in [1.54, 1.807) is 30.3 Å². The molecule has 128 valence electrons. The van der Waals surface area contributed by atoms with Crippen molar-refractivity contribution in [3.05, 3.63) is 42.5 Å². The number of fused-ring (bicyclic) bond motifs is 1. The van der Waals surface area contributed by atoms with Crippen LogP contribution in [0.1, 0.15) is 51.9 Å². The minimum absolute atomic E-state index is 0.0457. The van der Waals surface area contributed by atoms with Crippen LogP contribution in [0, 0.1) is 0 Å². The Morgan fingerprint density at radius 3 is 2.08 bits per heavy atom. The van der Waals surface area contributed by atoms with E-state index in [1.165, 1.54) is 82.6 Å². The van der Waals surface area contributed by atoms with Crippen LogP contribution in [0.3, 0.4) is 0 Å². The molecule has 0 aromatic heterocycles. The standard InChI is InChI=1S/C10H8O3S.C9H19.Na/c11-14(12,13)10-7-3-5-8-4-1-2-6-9(8)10;1-3-5-7-9-8-6-4-2;/h1-7H,(H,11,12,13);1,3-9H2,2H3;. The van der Waals surface area contributed by atoms with Crippen molar-refractivity contribution >= 4 is 48.8 Å². The Bertz CT molecular complexity index is 685. The van der Waals surface area contributed by atoms with Gasteiger partial charge in [-0.15, -0.1) is 0 Å². The van der Waals surface area contributed by atoms with Gasteiger partial charge in [-0.25, -0.2) is 0 Å². The van der Waals surface area contributed by atoms with Crippen LogP contribution in [-0.2, 0) is 10.1 Å². The number of hydrogen-bond donors (Lipinski definition) is 1. The average Bonchev–Trinajstić information content (AvgIpc) is 2.57. The second kappa shape index (κ2) is 12.0. The van der Waals surface area contributed by atoms with Crippen molar-refractivity contribution in [3.8, 4) is 0 Å². The Kier molecular flexibility index (Phi) is 10.9. The summed E-state index contributed by atoms with van der Waals surface area (Å²) in [7, 11) is -4.13. The molecular formula is C19H27NaO3S. The molecule has 0 saturated carbocycles. The van der Waals surface area contributed by atoms with E-state index in [1.807, 2.05) is 6.07 Å². The first kappa shape index (κ1) is 21.7. The van der Waals surface area contributed by atoms with Crippen LogP contribution >= 0.6 is 0 Å². The molecule has 2 rings (SSSR count). The molecule has 3 nitrogen and oxygen atoms in total. The SMILES string of the molecule is CCCCCCCC[CH2][Na].O=S(=O)(O)c1cccc2ccccc12. The monoisotopic (exact) mass is 358 g/mol. The Labute approximate surface area is 164 Å². The van der Waals surface area contributed by atoms with E-state index in [-0.39, 0.29) is 4.90 Å². The molecule has 0 bridgehead atoms. The van der Waals surface area contributed by atoms with Gasteiger partial charge in [-0.05, 0) is 11.5 Å². The van der Waals surface area contributed by atoms with E-state index in [2.05, 4.69) is 6.92 Å². The molecule has 0 radical (unpaired) electrons. The Morgan fingerprint density at radius 1 is 0.875 bits per heavy atom. The molecular weight excluding hydrogens is 331 g/mol. The van der Waals surface area contributed by atoms with Crippen molar-refractivity contribution in [2.45, 2.75) is 60.4 Å². The van der Waals surface area contributed by atoms with Crippen LogP contribution in [-0.4, -0.2) is 40.9 Å². The Hall–Kier alpha value is -0.390. The maximum Gasteiger partial charge on any atom is 0.295 e. The molecule has 0 aliphatic heterocycles.